The van der Waals surface area contributed by atoms with Crippen molar-refractivity contribution in [2.75, 3.05) is 6.54 Å². The highest BCUT2D eigenvalue weighted by Crippen LogP contribution is 2.24. The Morgan fingerprint density at radius 3 is 2.88 bits per heavy atom. The Morgan fingerprint density at radius 1 is 1.41 bits per heavy atom. The average molecular weight is 270 g/mol. The SMILES string of the molecule is Cc1nc(CSc2nnnn2CCN)sc1C. The third kappa shape index (κ3) is 3.02. The van der Waals surface area contributed by atoms with Gasteiger partial charge in [-0.15, -0.1) is 16.4 Å². The lowest BCUT2D eigenvalue weighted by molar-refractivity contribution is 0.557. The van der Waals surface area contributed by atoms with E-state index in [-0.39, 0.29) is 0 Å². The van der Waals surface area contributed by atoms with Crippen LogP contribution >= 0.6 is 23.1 Å². The molecule has 2 N–H and O–H groups in total. The summed E-state index contributed by atoms with van der Waals surface area (Å²) >= 11 is 3.31. The minimum absolute atomic E-state index is 0.536. The van der Waals surface area contributed by atoms with E-state index < -0.39 is 0 Å². The zero-order valence-corrected chi connectivity index (χ0v) is 11.4. The third-order valence-corrected chi connectivity index (χ3v) is 4.46. The van der Waals surface area contributed by atoms with Crippen LogP contribution in [0.5, 0.6) is 0 Å². The fraction of sp³-hybridized carbons (Fsp3) is 0.556. The molecule has 0 atom stereocenters. The molecule has 0 fully saturated rings. The lowest BCUT2D eigenvalue weighted by Gasteiger charge is -2.00. The summed E-state index contributed by atoms with van der Waals surface area (Å²) in [5.41, 5.74) is 6.59. The average Bonchev–Trinajstić information content (AvgIpc) is 2.85. The standard InChI is InChI=1S/C9H14N6S2/c1-6-7(2)17-8(11-6)5-16-9-12-13-14-15(9)4-3-10/h3-5,10H2,1-2H3. The van der Waals surface area contributed by atoms with Gasteiger partial charge in [0.2, 0.25) is 5.16 Å². The van der Waals surface area contributed by atoms with Crippen molar-refractivity contribution >= 4 is 23.1 Å². The number of nitrogens with zero attached hydrogens (tertiary/aromatic N) is 5. The Hall–Kier alpha value is -0.990. The molecule has 2 aromatic heterocycles. The van der Waals surface area contributed by atoms with Crippen molar-refractivity contribution in [3.63, 3.8) is 0 Å². The maximum atomic E-state index is 5.48. The molecular formula is C9H14N6S2. The van der Waals surface area contributed by atoms with Crippen LogP contribution in [0.15, 0.2) is 5.16 Å². The molecule has 0 amide bonds. The van der Waals surface area contributed by atoms with Crippen LogP contribution in [0, 0.1) is 13.8 Å². The van der Waals surface area contributed by atoms with Gasteiger partial charge in [-0.25, -0.2) is 9.67 Å². The molecule has 2 aromatic rings. The zero-order chi connectivity index (χ0) is 12.3. The van der Waals surface area contributed by atoms with Gasteiger partial charge in [0, 0.05) is 11.4 Å². The van der Waals surface area contributed by atoms with Gasteiger partial charge < -0.3 is 5.73 Å². The summed E-state index contributed by atoms with van der Waals surface area (Å²) in [6.45, 7) is 5.29. The van der Waals surface area contributed by atoms with Crippen molar-refractivity contribution in [3.8, 4) is 0 Å². The topological polar surface area (TPSA) is 82.5 Å². The number of tetrazole rings is 1. The number of hydrogen-bond acceptors (Lipinski definition) is 7. The summed E-state index contributed by atoms with van der Waals surface area (Å²) in [6, 6.07) is 0. The number of aryl methyl sites for hydroxylation is 2. The lowest BCUT2D eigenvalue weighted by atomic mass is 10.4. The molecule has 0 spiro atoms. The maximum absolute atomic E-state index is 5.48. The van der Waals surface area contributed by atoms with E-state index >= 15 is 0 Å². The van der Waals surface area contributed by atoms with Gasteiger partial charge in [-0.3, -0.25) is 0 Å². The van der Waals surface area contributed by atoms with Crippen LogP contribution in [0.4, 0.5) is 0 Å². The molecule has 6 nitrogen and oxygen atoms in total. The third-order valence-electron chi connectivity index (χ3n) is 2.24. The van der Waals surface area contributed by atoms with Gasteiger partial charge in [0.25, 0.3) is 0 Å². The molecule has 2 rings (SSSR count). The van der Waals surface area contributed by atoms with Crippen LogP contribution < -0.4 is 5.73 Å². The predicted molar refractivity (Wildman–Crippen MR) is 68.0 cm³/mol. The Balaban J connectivity index is 1.99. The van der Waals surface area contributed by atoms with Crippen LogP contribution in [0.3, 0.4) is 0 Å². The lowest BCUT2D eigenvalue weighted by Crippen LogP contribution is -2.12. The normalized spacial score (nSPS) is 11.0. The molecule has 0 unspecified atom stereocenters. The smallest absolute Gasteiger partial charge is 0.209 e. The van der Waals surface area contributed by atoms with Crippen LogP contribution in [0.25, 0.3) is 0 Å². The van der Waals surface area contributed by atoms with Gasteiger partial charge >= 0.3 is 0 Å². The van der Waals surface area contributed by atoms with Gasteiger partial charge in [0.1, 0.15) is 5.01 Å². The highest BCUT2D eigenvalue weighted by atomic mass is 32.2. The van der Waals surface area contributed by atoms with Crippen molar-refractivity contribution < 1.29 is 0 Å². The predicted octanol–water partition coefficient (Wildman–Crippen LogP) is 0.997. The summed E-state index contributed by atoms with van der Waals surface area (Å²) in [4.78, 5) is 5.75. The first-order valence-corrected chi connectivity index (χ1v) is 7.03. The van der Waals surface area contributed by atoms with Crippen molar-refractivity contribution in [3.05, 3.63) is 15.6 Å². The van der Waals surface area contributed by atoms with E-state index in [2.05, 4.69) is 27.4 Å². The second kappa shape index (κ2) is 5.56. The first kappa shape index (κ1) is 12.5. The van der Waals surface area contributed by atoms with Crippen LogP contribution in [0.2, 0.25) is 0 Å². The largest absolute Gasteiger partial charge is 0.329 e. The Morgan fingerprint density at radius 2 is 2.24 bits per heavy atom. The van der Waals surface area contributed by atoms with Crippen LogP contribution in [-0.4, -0.2) is 31.7 Å². The summed E-state index contributed by atoms with van der Waals surface area (Å²) in [5.74, 6) is 0.796. The molecule has 0 radical (unpaired) electrons. The van der Waals surface area contributed by atoms with E-state index in [1.807, 2.05) is 6.92 Å². The fourth-order valence-corrected chi connectivity index (χ4v) is 3.12. The Labute approximate surface area is 108 Å². The van der Waals surface area contributed by atoms with Gasteiger partial charge in [0.15, 0.2) is 0 Å². The maximum Gasteiger partial charge on any atom is 0.209 e. The first-order valence-electron chi connectivity index (χ1n) is 5.22. The van der Waals surface area contributed by atoms with Crippen molar-refractivity contribution in [1.29, 1.82) is 0 Å². The first-order chi connectivity index (χ1) is 8.20. The summed E-state index contributed by atoms with van der Waals surface area (Å²) < 4.78 is 1.72. The van der Waals surface area contributed by atoms with Crippen LogP contribution in [-0.2, 0) is 12.3 Å². The van der Waals surface area contributed by atoms with Crippen molar-refractivity contribution in [1.82, 2.24) is 25.2 Å². The summed E-state index contributed by atoms with van der Waals surface area (Å²) in [7, 11) is 0. The van der Waals surface area contributed by atoms with E-state index in [4.69, 9.17) is 5.73 Å². The minimum atomic E-state index is 0.536. The summed E-state index contributed by atoms with van der Waals surface area (Å²) in [5, 5.41) is 13.4. The molecule has 0 bridgehead atoms. The zero-order valence-electron chi connectivity index (χ0n) is 9.75. The molecule has 0 aromatic carbocycles. The molecule has 17 heavy (non-hydrogen) atoms. The van der Waals surface area contributed by atoms with Crippen LogP contribution in [0.1, 0.15) is 15.6 Å². The molecule has 0 saturated carbocycles. The van der Waals surface area contributed by atoms with Crippen molar-refractivity contribution in [2.24, 2.45) is 5.73 Å². The minimum Gasteiger partial charge on any atom is -0.329 e. The molecule has 0 saturated heterocycles. The highest BCUT2D eigenvalue weighted by Gasteiger charge is 2.09. The molecule has 92 valence electrons. The Bertz CT molecular complexity index is 472. The molecule has 2 heterocycles. The second-order valence-electron chi connectivity index (χ2n) is 3.51. The van der Waals surface area contributed by atoms with E-state index in [1.165, 1.54) is 4.88 Å². The number of nitrogens with two attached hydrogens (primary N) is 1. The summed E-state index contributed by atoms with van der Waals surface area (Å²) in [6.07, 6.45) is 0. The van der Waals surface area contributed by atoms with Gasteiger partial charge in [0.05, 0.1) is 18.0 Å². The number of thiazole rings is 1. The van der Waals surface area contributed by atoms with E-state index in [0.717, 1.165) is 21.6 Å². The molecule has 8 heteroatoms. The van der Waals surface area contributed by atoms with Gasteiger partial charge in [-0.05, 0) is 24.3 Å². The number of aromatic nitrogens is 5. The van der Waals surface area contributed by atoms with Crippen molar-refractivity contribution in [2.45, 2.75) is 31.3 Å². The molecule has 0 aliphatic heterocycles. The monoisotopic (exact) mass is 270 g/mol. The second-order valence-corrected chi connectivity index (χ2v) is 5.74. The van der Waals surface area contributed by atoms with Gasteiger partial charge in [-0.2, -0.15) is 0 Å². The molecule has 0 aliphatic rings. The van der Waals surface area contributed by atoms with E-state index in [0.29, 0.717) is 13.1 Å². The molecular weight excluding hydrogens is 256 g/mol. The van der Waals surface area contributed by atoms with Gasteiger partial charge in [-0.1, -0.05) is 11.8 Å². The fourth-order valence-electron chi connectivity index (χ4n) is 1.29. The quantitative estimate of drug-likeness (QED) is 0.816. The Kier molecular flexibility index (Phi) is 4.08. The number of hydrogen-bond donors (Lipinski definition) is 1. The van der Waals surface area contributed by atoms with E-state index in [1.54, 1.807) is 27.8 Å². The highest BCUT2D eigenvalue weighted by molar-refractivity contribution is 7.98. The molecule has 0 aliphatic carbocycles. The number of rotatable bonds is 5. The number of thioether (sulfide) groups is 1. The van der Waals surface area contributed by atoms with E-state index in [9.17, 15) is 0 Å².